The summed E-state index contributed by atoms with van der Waals surface area (Å²) in [4.78, 5) is 4.14. The second-order valence-electron chi connectivity index (χ2n) is 4.43. The van der Waals surface area contributed by atoms with Crippen LogP contribution >= 0.6 is 0 Å². The van der Waals surface area contributed by atoms with E-state index < -0.39 is 0 Å². The van der Waals surface area contributed by atoms with E-state index in [4.69, 9.17) is 0 Å². The zero-order chi connectivity index (χ0) is 13.1. The van der Waals surface area contributed by atoms with Crippen molar-refractivity contribution >= 4 is 16.6 Å². The molecule has 0 bridgehead atoms. The van der Waals surface area contributed by atoms with Gasteiger partial charge in [0.2, 0.25) is 0 Å². The molecule has 2 aromatic heterocycles. The average Bonchev–Trinajstić information content (AvgIpc) is 2.48. The molecule has 0 spiro atoms. The molecule has 0 saturated carbocycles. The van der Waals surface area contributed by atoms with Crippen molar-refractivity contribution in [3.8, 4) is 0 Å². The van der Waals surface area contributed by atoms with Gasteiger partial charge in [-0.05, 0) is 24.6 Å². The monoisotopic (exact) mass is 250 g/mol. The lowest BCUT2D eigenvalue weighted by atomic mass is 10.1. The third-order valence-electron chi connectivity index (χ3n) is 3.10. The highest BCUT2D eigenvalue weighted by atomic mass is 15.1. The predicted molar refractivity (Wildman–Crippen MR) is 75.8 cm³/mol. The summed E-state index contributed by atoms with van der Waals surface area (Å²) < 4.78 is 0. The molecular formula is C15H14N4. The molecule has 2 heterocycles. The molecule has 0 amide bonds. The summed E-state index contributed by atoms with van der Waals surface area (Å²) in [6.07, 6.45) is 5.41. The van der Waals surface area contributed by atoms with Crippen LogP contribution in [-0.2, 0) is 0 Å². The number of pyridine rings is 1. The van der Waals surface area contributed by atoms with Crippen molar-refractivity contribution < 1.29 is 0 Å². The van der Waals surface area contributed by atoms with Gasteiger partial charge in [0.05, 0.1) is 23.4 Å². The van der Waals surface area contributed by atoms with E-state index in [9.17, 15) is 0 Å². The number of rotatable bonds is 3. The van der Waals surface area contributed by atoms with Gasteiger partial charge in [-0.3, -0.25) is 4.98 Å². The zero-order valence-corrected chi connectivity index (χ0v) is 10.6. The second-order valence-corrected chi connectivity index (χ2v) is 4.43. The van der Waals surface area contributed by atoms with Gasteiger partial charge >= 0.3 is 0 Å². The molecule has 1 atom stereocenters. The van der Waals surface area contributed by atoms with E-state index in [0.717, 1.165) is 22.2 Å². The van der Waals surface area contributed by atoms with E-state index in [-0.39, 0.29) is 6.04 Å². The van der Waals surface area contributed by atoms with E-state index in [0.29, 0.717) is 0 Å². The number of hydrogen-bond donors (Lipinski definition) is 1. The van der Waals surface area contributed by atoms with Gasteiger partial charge in [-0.2, -0.15) is 10.2 Å². The highest BCUT2D eigenvalue weighted by Crippen LogP contribution is 2.24. The summed E-state index contributed by atoms with van der Waals surface area (Å²) in [6.45, 7) is 2.10. The van der Waals surface area contributed by atoms with Crippen LogP contribution in [0.2, 0.25) is 0 Å². The Labute approximate surface area is 111 Å². The van der Waals surface area contributed by atoms with Gasteiger partial charge in [-0.1, -0.05) is 24.3 Å². The lowest BCUT2D eigenvalue weighted by Gasteiger charge is -2.16. The summed E-state index contributed by atoms with van der Waals surface area (Å²) in [5.74, 6) is 0. The molecule has 94 valence electrons. The number of nitrogens with one attached hydrogen (secondary N) is 1. The van der Waals surface area contributed by atoms with Crippen molar-refractivity contribution in [2.24, 2.45) is 0 Å². The van der Waals surface area contributed by atoms with Gasteiger partial charge in [0.1, 0.15) is 0 Å². The Morgan fingerprint density at radius 2 is 1.95 bits per heavy atom. The Hall–Kier alpha value is -2.49. The molecule has 0 aliphatic heterocycles. The topological polar surface area (TPSA) is 50.7 Å². The summed E-state index contributed by atoms with van der Waals surface area (Å²) in [7, 11) is 0. The Kier molecular flexibility index (Phi) is 3.06. The Morgan fingerprint density at radius 3 is 2.79 bits per heavy atom. The van der Waals surface area contributed by atoms with E-state index in [1.54, 1.807) is 12.4 Å². The van der Waals surface area contributed by atoms with E-state index in [1.165, 1.54) is 0 Å². The van der Waals surface area contributed by atoms with Crippen LogP contribution < -0.4 is 5.32 Å². The van der Waals surface area contributed by atoms with Crippen molar-refractivity contribution in [3.63, 3.8) is 0 Å². The van der Waals surface area contributed by atoms with Gasteiger partial charge < -0.3 is 5.32 Å². The molecule has 3 aromatic rings. The van der Waals surface area contributed by atoms with Crippen molar-refractivity contribution in [1.82, 2.24) is 15.2 Å². The van der Waals surface area contributed by atoms with Gasteiger partial charge in [0, 0.05) is 17.8 Å². The van der Waals surface area contributed by atoms with E-state index in [2.05, 4.69) is 33.5 Å². The molecular weight excluding hydrogens is 236 g/mol. The number of benzene rings is 1. The van der Waals surface area contributed by atoms with Crippen LogP contribution in [0, 0.1) is 0 Å². The fraction of sp³-hybridized carbons (Fsp3) is 0.133. The Bertz CT molecular complexity index is 677. The van der Waals surface area contributed by atoms with Crippen LogP contribution in [0.25, 0.3) is 10.9 Å². The molecule has 4 nitrogen and oxygen atoms in total. The maximum Gasteiger partial charge on any atom is 0.0950 e. The number of hydrogen-bond acceptors (Lipinski definition) is 4. The molecule has 4 heteroatoms. The van der Waals surface area contributed by atoms with Crippen LogP contribution in [0.4, 0.5) is 5.69 Å². The van der Waals surface area contributed by atoms with Crippen molar-refractivity contribution in [1.29, 1.82) is 0 Å². The number of nitrogens with zero attached hydrogens (tertiary/aromatic N) is 3. The first kappa shape index (κ1) is 11.6. The first-order valence-corrected chi connectivity index (χ1v) is 6.21. The highest BCUT2D eigenvalue weighted by molar-refractivity contribution is 5.90. The highest BCUT2D eigenvalue weighted by Gasteiger charge is 2.08. The van der Waals surface area contributed by atoms with Gasteiger partial charge in [-0.25, -0.2) is 0 Å². The SMILES string of the molecule is CC(Nc1cnnc2ccccc12)c1cccnc1. The zero-order valence-electron chi connectivity index (χ0n) is 10.6. The number of aromatic nitrogens is 3. The fourth-order valence-electron chi connectivity index (χ4n) is 2.07. The number of anilines is 1. The fourth-order valence-corrected chi connectivity index (χ4v) is 2.07. The summed E-state index contributed by atoms with van der Waals surface area (Å²) in [6, 6.07) is 12.1. The lowest BCUT2D eigenvalue weighted by Crippen LogP contribution is -2.07. The Balaban J connectivity index is 1.94. The molecule has 1 N–H and O–H groups in total. The van der Waals surface area contributed by atoms with Crippen LogP contribution in [0.3, 0.4) is 0 Å². The second kappa shape index (κ2) is 5.02. The summed E-state index contributed by atoms with van der Waals surface area (Å²) >= 11 is 0. The van der Waals surface area contributed by atoms with E-state index in [1.807, 2.05) is 36.5 Å². The van der Waals surface area contributed by atoms with Crippen molar-refractivity contribution in [3.05, 3.63) is 60.6 Å². The third-order valence-corrected chi connectivity index (χ3v) is 3.10. The van der Waals surface area contributed by atoms with Crippen LogP contribution in [0.1, 0.15) is 18.5 Å². The molecule has 19 heavy (non-hydrogen) atoms. The smallest absolute Gasteiger partial charge is 0.0950 e. The van der Waals surface area contributed by atoms with Crippen LogP contribution in [0.15, 0.2) is 55.0 Å². The number of fused-ring (bicyclic) bond motifs is 1. The van der Waals surface area contributed by atoms with Gasteiger partial charge in [0.25, 0.3) is 0 Å². The van der Waals surface area contributed by atoms with Crippen LogP contribution in [0.5, 0.6) is 0 Å². The standard InChI is InChI=1S/C15H14N4/c1-11(12-5-4-8-16-9-12)18-15-10-17-19-14-7-3-2-6-13(14)15/h2-11H,1H3,(H,18,19). The molecule has 1 aromatic carbocycles. The predicted octanol–water partition coefficient (Wildman–Crippen LogP) is 3.20. The largest absolute Gasteiger partial charge is 0.377 e. The van der Waals surface area contributed by atoms with Crippen molar-refractivity contribution in [2.45, 2.75) is 13.0 Å². The van der Waals surface area contributed by atoms with Crippen molar-refractivity contribution in [2.75, 3.05) is 5.32 Å². The lowest BCUT2D eigenvalue weighted by molar-refractivity contribution is 0.874. The average molecular weight is 250 g/mol. The summed E-state index contributed by atoms with van der Waals surface area (Å²) in [5, 5.41) is 12.7. The first-order valence-electron chi connectivity index (χ1n) is 6.21. The molecule has 1 unspecified atom stereocenters. The minimum atomic E-state index is 0.168. The van der Waals surface area contributed by atoms with Gasteiger partial charge in [-0.15, -0.1) is 0 Å². The Morgan fingerprint density at radius 1 is 1.05 bits per heavy atom. The van der Waals surface area contributed by atoms with Crippen LogP contribution in [-0.4, -0.2) is 15.2 Å². The molecule has 0 aliphatic rings. The molecule has 0 aliphatic carbocycles. The normalized spacial score (nSPS) is 12.3. The third kappa shape index (κ3) is 2.38. The molecule has 3 rings (SSSR count). The van der Waals surface area contributed by atoms with Gasteiger partial charge in [0.15, 0.2) is 0 Å². The quantitative estimate of drug-likeness (QED) is 0.775. The maximum absolute atomic E-state index is 4.14. The maximum atomic E-state index is 4.14. The molecule has 0 saturated heterocycles. The minimum absolute atomic E-state index is 0.168. The summed E-state index contributed by atoms with van der Waals surface area (Å²) in [5.41, 5.74) is 3.02. The van der Waals surface area contributed by atoms with E-state index >= 15 is 0 Å². The first-order chi connectivity index (χ1) is 9.34. The molecule has 0 radical (unpaired) electrons. The minimum Gasteiger partial charge on any atom is -0.377 e. The molecule has 0 fully saturated rings.